The number of hydrogen-bond acceptors (Lipinski definition) is 6. The highest BCUT2D eigenvalue weighted by atomic mass is 16.5. The molecule has 6 heteroatoms. The van der Waals surface area contributed by atoms with Crippen LogP contribution in [0.3, 0.4) is 0 Å². The molecule has 2 aromatic carbocycles. The molecule has 27 heavy (non-hydrogen) atoms. The van der Waals surface area contributed by atoms with E-state index in [1.807, 2.05) is 56.3 Å². The van der Waals surface area contributed by atoms with Crippen LogP contribution in [0.1, 0.15) is 29.9 Å². The van der Waals surface area contributed by atoms with E-state index in [2.05, 4.69) is 20.6 Å². The van der Waals surface area contributed by atoms with E-state index in [1.54, 1.807) is 19.1 Å². The number of carbonyl (C=O) groups excluding carboxylic acids is 1. The Hall–Kier alpha value is -3.41. The first-order valence-electron chi connectivity index (χ1n) is 8.77. The van der Waals surface area contributed by atoms with Gasteiger partial charge >= 0.3 is 0 Å². The molecule has 0 radical (unpaired) electrons. The number of nitrogens with zero attached hydrogens (tertiary/aromatic N) is 2. The normalized spacial score (nSPS) is 10.3. The average Bonchev–Trinajstić information content (AvgIpc) is 2.63. The third kappa shape index (κ3) is 5.04. The molecule has 6 nitrogen and oxygen atoms in total. The topological polar surface area (TPSA) is 76.1 Å². The van der Waals surface area contributed by atoms with E-state index in [0.29, 0.717) is 23.9 Å². The van der Waals surface area contributed by atoms with Crippen LogP contribution in [0.15, 0.2) is 54.6 Å². The van der Waals surface area contributed by atoms with Gasteiger partial charge in [-0.15, -0.1) is 0 Å². The molecule has 3 aromatic rings. The first-order valence-corrected chi connectivity index (χ1v) is 8.77. The van der Waals surface area contributed by atoms with Crippen molar-refractivity contribution in [1.29, 1.82) is 0 Å². The van der Waals surface area contributed by atoms with Crippen molar-refractivity contribution in [2.45, 2.75) is 20.8 Å². The molecule has 138 valence electrons. The van der Waals surface area contributed by atoms with Crippen molar-refractivity contribution in [2.24, 2.45) is 0 Å². The largest absolute Gasteiger partial charge is 0.494 e. The van der Waals surface area contributed by atoms with Gasteiger partial charge in [0, 0.05) is 28.7 Å². The van der Waals surface area contributed by atoms with Gasteiger partial charge in [-0.2, -0.15) is 4.98 Å². The van der Waals surface area contributed by atoms with Gasteiger partial charge in [0.15, 0.2) is 5.78 Å². The maximum atomic E-state index is 11.5. The molecule has 0 atom stereocenters. The molecule has 0 fully saturated rings. The number of ketones is 1. The number of hydrogen-bond donors (Lipinski definition) is 2. The van der Waals surface area contributed by atoms with Crippen LogP contribution in [0.2, 0.25) is 0 Å². The summed E-state index contributed by atoms with van der Waals surface area (Å²) in [5.74, 6) is 1.98. The van der Waals surface area contributed by atoms with Crippen molar-refractivity contribution < 1.29 is 9.53 Å². The number of anilines is 4. The maximum absolute atomic E-state index is 11.5. The van der Waals surface area contributed by atoms with Crippen LogP contribution in [0.4, 0.5) is 23.1 Å². The predicted molar refractivity (Wildman–Crippen MR) is 107 cm³/mol. The molecular formula is C21H22N4O2. The van der Waals surface area contributed by atoms with Crippen LogP contribution in [-0.2, 0) is 0 Å². The number of aromatic nitrogens is 2. The highest BCUT2D eigenvalue weighted by molar-refractivity contribution is 5.95. The zero-order valence-corrected chi connectivity index (χ0v) is 15.6. The average molecular weight is 362 g/mol. The van der Waals surface area contributed by atoms with E-state index in [-0.39, 0.29) is 5.78 Å². The smallest absolute Gasteiger partial charge is 0.229 e. The van der Waals surface area contributed by atoms with Crippen LogP contribution >= 0.6 is 0 Å². The second kappa shape index (κ2) is 8.31. The molecule has 0 spiro atoms. The molecular weight excluding hydrogens is 340 g/mol. The molecule has 0 amide bonds. The number of nitrogens with one attached hydrogen (secondary N) is 2. The zero-order valence-electron chi connectivity index (χ0n) is 15.6. The van der Waals surface area contributed by atoms with E-state index < -0.39 is 0 Å². The third-order valence-corrected chi connectivity index (χ3v) is 3.82. The Balaban J connectivity index is 1.77. The fourth-order valence-corrected chi connectivity index (χ4v) is 2.58. The molecule has 0 aliphatic carbocycles. The van der Waals surface area contributed by atoms with Gasteiger partial charge in [-0.1, -0.05) is 12.1 Å². The maximum Gasteiger partial charge on any atom is 0.229 e. The Morgan fingerprint density at radius 1 is 1.00 bits per heavy atom. The Morgan fingerprint density at radius 3 is 2.48 bits per heavy atom. The van der Waals surface area contributed by atoms with Crippen LogP contribution in [0.25, 0.3) is 0 Å². The Labute approximate surface area is 158 Å². The summed E-state index contributed by atoms with van der Waals surface area (Å²) in [4.78, 5) is 20.5. The number of carbonyl (C=O) groups is 1. The van der Waals surface area contributed by atoms with Crippen molar-refractivity contribution in [3.63, 3.8) is 0 Å². The van der Waals surface area contributed by atoms with Crippen molar-refractivity contribution in [3.05, 3.63) is 65.9 Å². The number of Topliss-reactive ketones (excluding diaryl/α,β-unsaturated/α-hetero) is 1. The minimum atomic E-state index is 0.0154. The predicted octanol–water partition coefficient (Wildman–Crippen LogP) is 4.87. The van der Waals surface area contributed by atoms with E-state index in [4.69, 9.17) is 4.74 Å². The standard InChI is InChI=1S/C21H22N4O2/c1-4-27-19-10-8-17(9-11-19)23-20-12-14(2)22-21(25-20)24-18-7-5-6-16(13-18)15(3)26/h5-13H,4H2,1-3H3,(H2,22,23,24,25). The van der Waals surface area contributed by atoms with E-state index in [9.17, 15) is 4.79 Å². The summed E-state index contributed by atoms with van der Waals surface area (Å²) in [6.07, 6.45) is 0. The highest BCUT2D eigenvalue weighted by Crippen LogP contribution is 2.22. The van der Waals surface area contributed by atoms with Crippen molar-refractivity contribution in [2.75, 3.05) is 17.2 Å². The SMILES string of the molecule is CCOc1ccc(Nc2cc(C)nc(Nc3cccc(C(C)=O)c3)n2)cc1. The van der Waals surface area contributed by atoms with E-state index in [0.717, 1.165) is 22.8 Å². The second-order valence-electron chi connectivity index (χ2n) is 6.06. The third-order valence-electron chi connectivity index (χ3n) is 3.82. The van der Waals surface area contributed by atoms with Gasteiger partial charge in [0.05, 0.1) is 6.61 Å². The fourth-order valence-electron chi connectivity index (χ4n) is 2.58. The van der Waals surface area contributed by atoms with Gasteiger partial charge in [-0.05, 0) is 57.2 Å². The van der Waals surface area contributed by atoms with Gasteiger partial charge in [0.25, 0.3) is 0 Å². The molecule has 0 saturated heterocycles. The number of aryl methyl sites for hydroxylation is 1. The summed E-state index contributed by atoms with van der Waals surface area (Å²) in [6.45, 7) is 6.04. The minimum Gasteiger partial charge on any atom is -0.494 e. The number of ether oxygens (including phenoxy) is 1. The van der Waals surface area contributed by atoms with Gasteiger partial charge in [0.2, 0.25) is 5.95 Å². The molecule has 0 aliphatic rings. The lowest BCUT2D eigenvalue weighted by Crippen LogP contribution is -2.03. The molecule has 0 unspecified atom stereocenters. The Bertz CT molecular complexity index is 939. The van der Waals surface area contributed by atoms with Crippen molar-refractivity contribution >= 4 is 28.9 Å². The molecule has 3 rings (SSSR count). The van der Waals surface area contributed by atoms with Gasteiger partial charge < -0.3 is 15.4 Å². The Morgan fingerprint density at radius 2 is 1.78 bits per heavy atom. The summed E-state index contributed by atoms with van der Waals surface area (Å²) in [5, 5.41) is 6.43. The molecule has 1 aromatic heterocycles. The number of benzene rings is 2. The summed E-state index contributed by atoms with van der Waals surface area (Å²) in [6, 6.07) is 16.8. The van der Waals surface area contributed by atoms with Crippen molar-refractivity contribution in [1.82, 2.24) is 9.97 Å². The van der Waals surface area contributed by atoms with Gasteiger partial charge in [-0.25, -0.2) is 4.98 Å². The lowest BCUT2D eigenvalue weighted by Gasteiger charge is -2.11. The Kier molecular flexibility index (Phi) is 5.66. The molecule has 2 N–H and O–H groups in total. The highest BCUT2D eigenvalue weighted by Gasteiger charge is 2.06. The molecule has 0 aliphatic heterocycles. The van der Waals surface area contributed by atoms with Crippen molar-refractivity contribution in [3.8, 4) is 5.75 Å². The molecule has 1 heterocycles. The van der Waals surface area contributed by atoms with E-state index in [1.165, 1.54) is 0 Å². The number of rotatable bonds is 7. The summed E-state index contributed by atoms with van der Waals surface area (Å²) < 4.78 is 5.45. The first kappa shape index (κ1) is 18.4. The summed E-state index contributed by atoms with van der Waals surface area (Å²) >= 11 is 0. The summed E-state index contributed by atoms with van der Waals surface area (Å²) in [5.41, 5.74) is 3.13. The second-order valence-corrected chi connectivity index (χ2v) is 6.06. The van der Waals surface area contributed by atoms with Crippen LogP contribution in [0, 0.1) is 6.92 Å². The quantitative estimate of drug-likeness (QED) is 0.584. The summed E-state index contributed by atoms with van der Waals surface area (Å²) in [7, 11) is 0. The van der Waals surface area contributed by atoms with E-state index >= 15 is 0 Å². The van der Waals surface area contributed by atoms with Gasteiger partial charge in [-0.3, -0.25) is 4.79 Å². The van der Waals surface area contributed by atoms with Crippen LogP contribution < -0.4 is 15.4 Å². The van der Waals surface area contributed by atoms with Crippen LogP contribution in [-0.4, -0.2) is 22.4 Å². The monoisotopic (exact) mass is 362 g/mol. The lowest BCUT2D eigenvalue weighted by atomic mass is 10.1. The fraction of sp³-hybridized carbons (Fsp3) is 0.190. The first-order chi connectivity index (χ1) is 13.0. The van der Waals surface area contributed by atoms with Crippen LogP contribution in [0.5, 0.6) is 5.75 Å². The molecule has 0 saturated carbocycles. The minimum absolute atomic E-state index is 0.0154. The lowest BCUT2D eigenvalue weighted by molar-refractivity contribution is 0.101. The molecule has 0 bridgehead atoms. The zero-order chi connectivity index (χ0) is 19.2. The van der Waals surface area contributed by atoms with Gasteiger partial charge in [0.1, 0.15) is 11.6 Å².